The van der Waals surface area contributed by atoms with Crippen LogP contribution in [0.15, 0.2) is 77.7 Å². The van der Waals surface area contributed by atoms with Crippen molar-refractivity contribution in [1.29, 1.82) is 0 Å². The van der Waals surface area contributed by atoms with Gasteiger partial charge in [-0.25, -0.2) is 8.42 Å². The van der Waals surface area contributed by atoms with Crippen LogP contribution in [-0.4, -0.2) is 27.5 Å². The molecule has 0 radical (unpaired) electrons. The molecule has 0 spiro atoms. The van der Waals surface area contributed by atoms with Gasteiger partial charge < -0.3 is 10.1 Å². The number of carbonyl (C=O) groups is 1. The van der Waals surface area contributed by atoms with Crippen LogP contribution in [-0.2, 0) is 21.2 Å². The Hall–Kier alpha value is -2.87. The van der Waals surface area contributed by atoms with Crippen LogP contribution in [0.5, 0.6) is 5.75 Å². The van der Waals surface area contributed by atoms with Gasteiger partial charge in [-0.15, -0.1) is 0 Å². The first kappa shape index (κ1) is 22.8. The first-order valence-corrected chi connectivity index (χ1v) is 11.4. The number of rotatable bonds is 8. The van der Waals surface area contributed by atoms with Crippen LogP contribution in [0.4, 0.5) is 5.69 Å². The molecular weight excluding hydrogens is 436 g/mol. The van der Waals surface area contributed by atoms with Crippen molar-refractivity contribution in [3.8, 4) is 5.75 Å². The second-order valence-electron chi connectivity index (χ2n) is 6.94. The van der Waals surface area contributed by atoms with E-state index in [2.05, 4.69) is 10.0 Å². The summed E-state index contributed by atoms with van der Waals surface area (Å²) in [6, 6.07) is 19.3. The Balaban J connectivity index is 1.88. The number of hydrogen-bond acceptors (Lipinski definition) is 4. The van der Waals surface area contributed by atoms with Gasteiger partial charge in [-0.2, -0.15) is 4.72 Å². The number of hydrogen-bond donors (Lipinski definition) is 2. The van der Waals surface area contributed by atoms with Crippen molar-refractivity contribution in [1.82, 2.24) is 4.72 Å². The maximum absolute atomic E-state index is 13.1. The topological polar surface area (TPSA) is 84.5 Å². The number of sulfonamides is 1. The van der Waals surface area contributed by atoms with E-state index in [1.165, 1.54) is 19.2 Å². The van der Waals surface area contributed by atoms with Crippen LogP contribution < -0.4 is 14.8 Å². The van der Waals surface area contributed by atoms with Crippen LogP contribution in [0.3, 0.4) is 0 Å². The molecule has 1 atom stereocenters. The van der Waals surface area contributed by atoms with E-state index < -0.39 is 22.0 Å². The minimum atomic E-state index is -3.95. The first-order chi connectivity index (χ1) is 14.8. The van der Waals surface area contributed by atoms with Gasteiger partial charge in [0.15, 0.2) is 0 Å². The third kappa shape index (κ3) is 5.85. The van der Waals surface area contributed by atoms with Gasteiger partial charge in [0, 0.05) is 10.7 Å². The summed E-state index contributed by atoms with van der Waals surface area (Å²) in [6.07, 6.45) is 0.182. The van der Waals surface area contributed by atoms with Crippen molar-refractivity contribution in [2.45, 2.75) is 24.3 Å². The summed E-state index contributed by atoms with van der Waals surface area (Å²) in [4.78, 5) is 13.1. The molecule has 0 saturated carbocycles. The Kier molecular flexibility index (Phi) is 7.33. The predicted molar refractivity (Wildman–Crippen MR) is 122 cm³/mol. The molecule has 162 valence electrons. The number of nitrogens with one attached hydrogen (secondary N) is 2. The number of amides is 1. The van der Waals surface area contributed by atoms with Crippen molar-refractivity contribution in [3.05, 3.63) is 88.9 Å². The standard InChI is InChI=1S/C23H23ClN2O4S/c1-16-20(24)9-6-10-21(16)25-23(27)22(15-17-7-4-3-5-8-17)26-31(28,29)19-13-11-18(30-2)12-14-19/h3-14,22,26H,15H2,1-2H3,(H,25,27). The van der Waals surface area contributed by atoms with Crippen molar-refractivity contribution in [2.24, 2.45) is 0 Å². The van der Waals surface area contributed by atoms with Crippen LogP contribution in [0.2, 0.25) is 5.02 Å². The molecule has 1 unspecified atom stereocenters. The van der Waals surface area contributed by atoms with Crippen molar-refractivity contribution >= 4 is 33.2 Å². The zero-order valence-electron chi connectivity index (χ0n) is 17.1. The second kappa shape index (κ2) is 9.96. The predicted octanol–water partition coefficient (Wildman–Crippen LogP) is 4.19. The summed E-state index contributed by atoms with van der Waals surface area (Å²) in [7, 11) is -2.45. The van der Waals surface area contributed by atoms with Crippen LogP contribution >= 0.6 is 11.6 Å². The van der Waals surface area contributed by atoms with Crippen LogP contribution in [0.1, 0.15) is 11.1 Å². The molecule has 2 N–H and O–H groups in total. The van der Waals surface area contributed by atoms with Gasteiger partial charge in [-0.1, -0.05) is 48.0 Å². The number of benzene rings is 3. The van der Waals surface area contributed by atoms with E-state index in [-0.39, 0.29) is 11.3 Å². The lowest BCUT2D eigenvalue weighted by atomic mass is 10.1. The fourth-order valence-electron chi connectivity index (χ4n) is 3.01. The van der Waals surface area contributed by atoms with Crippen LogP contribution in [0, 0.1) is 6.92 Å². The largest absolute Gasteiger partial charge is 0.497 e. The zero-order valence-corrected chi connectivity index (χ0v) is 18.7. The van der Waals surface area contributed by atoms with Gasteiger partial charge >= 0.3 is 0 Å². The molecule has 0 bridgehead atoms. The highest BCUT2D eigenvalue weighted by Crippen LogP contribution is 2.23. The number of methoxy groups -OCH3 is 1. The third-order valence-electron chi connectivity index (χ3n) is 4.79. The number of anilines is 1. The molecule has 0 aliphatic carbocycles. The molecule has 6 nitrogen and oxygen atoms in total. The highest BCUT2D eigenvalue weighted by Gasteiger charge is 2.26. The van der Waals surface area contributed by atoms with Gasteiger partial charge in [0.05, 0.1) is 12.0 Å². The summed E-state index contributed by atoms with van der Waals surface area (Å²) in [5.74, 6) is 0.0558. The Morgan fingerprint density at radius 1 is 1.00 bits per heavy atom. The van der Waals surface area contributed by atoms with Gasteiger partial charge in [0.1, 0.15) is 11.8 Å². The Morgan fingerprint density at radius 2 is 1.68 bits per heavy atom. The molecule has 3 aromatic carbocycles. The third-order valence-corrected chi connectivity index (χ3v) is 6.69. The molecule has 0 heterocycles. The average Bonchev–Trinajstić information content (AvgIpc) is 2.77. The molecule has 8 heteroatoms. The van der Waals surface area contributed by atoms with E-state index in [0.717, 1.165) is 5.56 Å². The quantitative estimate of drug-likeness (QED) is 0.530. The molecule has 0 aromatic heterocycles. The van der Waals surface area contributed by atoms with Crippen molar-refractivity contribution in [3.63, 3.8) is 0 Å². The van der Waals surface area contributed by atoms with E-state index in [1.807, 2.05) is 30.3 Å². The van der Waals surface area contributed by atoms with E-state index in [0.29, 0.717) is 22.0 Å². The summed E-state index contributed by atoms with van der Waals surface area (Å²) in [5, 5.41) is 3.30. The molecule has 3 rings (SSSR count). The van der Waals surface area contributed by atoms with Crippen molar-refractivity contribution in [2.75, 3.05) is 12.4 Å². The molecule has 3 aromatic rings. The maximum Gasteiger partial charge on any atom is 0.242 e. The highest BCUT2D eigenvalue weighted by atomic mass is 35.5. The van der Waals surface area contributed by atoms with E-state index in [9.17, 15) is 13.2 Å². The molecular formula is C23H23ClN2O4S. The Labute approximate surface area is 187 Å². The van der Waals surface area contributed by atoms with E-state index in [4.69, 9.17) is 16.3 Å². The first-order valence-electron chi connectivity index (χ1n) is 9.56. The lowest BCUT2D eigenvalue weighted by Gasteiger charge is -2.20. The highest BCUT2D eigenvalue weighted by molar-refractivity contribution is 7.89. The normalized spacial score (nSPS) is 12.2. The SMILES string of the molecule is COc1ccc(S(=O)(=O)NC(Cc2ccccc2)C(=O)Nc2cccc(Cl)c2C)cc1. The van der Waals surface area contributed by atoms with Gasteiger partial charge in [-0.3, -0.25) is 4.79 Å². The fourth-order valence-corrected chi connectivity index (χ4v) is 4.38. The summed E-state index contributed by atoms with van der Waals surface area (Å²) >= 11 is 6.14. The fraction of sp³-hybridized carbons (Fsp3) is 0.174. The molecule has 0 aliphatic rings. The van der Waals surface area contributed by atoms with Crippen LogP contribution in [0.25, 0.3) is 0 Å². The molecule has 31 heavy (non-hydrogen) atoms. The lowest BCUT2D eigenvalue weighted by molar-refractivity contribution is -0.117. The second-order valence-corrected chi connectivity index (χ2v) is 9.06. The average molecular weight is 459 g/mol. The van der Waals surface area contributed by atoms with Gasteiger partial charge in [0.25, 0.3) is 0 Å². The molecule has 0 saturated heterocycles. The number of carbonyl (C=O) groups excluding carboxylic acids is 1. The Bertz CT molecular complexity index is 1150. The minimum absolute atomic E-state index is 0.0399. The summed E-state index contributed by atoms with van der Waals surface area (Å²) in [6.45, 7) is 1.78. The molecule has 0 aliphatic heterocycles. The van der Waals surface area contributed by atoms with E-state index in [1.54, 1.807) is 37.3 Å². The molecule has 1 amide bonds. The summed E-state index contributed by atoms with van der Waals surface area (Å²) in [5.41, 5.74) is 2.05. The number of halogens is 1. The van der Waals surface area contributed by atoms with E-state index >= 15 is 0 Å². The molecule has 0 fully saturated rings. The summed E-state index contributed by atoms with van der Waals surface area (Å²) < 4.78 is 33.5. The lowest BCUT2D eigenvalue weighted by Crippen LogP contribution is -2.45. The smallest absolute Gasteiger partial charge is 0.242 e. The van der Waals surface area contributed by atoms with Gasteiger partial charge in [-0.05, 0) is 60.9 Å². The van der Waals surface area contributed by atoms with Gasteiger partial charge in [0.2, 0.25) is 15.9 Å². The monoisotopic (exact) mass is 458 g/mol. The minimum Gasteiger partial charge on any atom is -0.497 e. The maximum atomic E-state index is 13.1. The van der Waals surface area contributed by atoms with Crippen molar-refractivity contribution < 1.29 is 17.9 Å². The number of ether oxygens (including phenoxy) is 1. The zero-order chi connectivity index (χ0) is 22.4. The Morgan fingerprint density at radius 3 is 2.32 bits per heavy atom.